The maximum absolute atomic E-state index is 2.75. The van der Waals surface area contributed by atoms with Crippen molar-refractivity contribution in [1.29, 1.82) is 0 Å². The van der Waals surface area contributed by atoms with Crippen molar-refractivity contribution in [1.82, 2.24) is 0 Å². The molecule has 1 aromatic heterocycles. The first-order valence-electron chi connectivity index (χ1n) is 27.9. The lowest BCUT2D eigenvalue weighted by molar-refractivity contribution is 0.332. The van der Waals surface area contributed by atoms with E-state index in [-0.39, 0.29) is 44.6 Å². The topological polar surface area (TPSA) is 6.48 Å². The Labute approximate surface area is 448 Å². The molecule has 4 aliphatic rings. The van der Waals surface area contributed by atoms with Crippen molar-refractivity contribution in [2.45, 2.75) is 181 Å². The quantitative estimate of drug-likeness (QED) is 0.163. The molecular weight excluding hydrogens is 912 g/mol. The molecule has 12 rings (SSSR count). The average molecular weight is 991 g/mol. The predicted octanol–water partition coefficient (Wildman–Crippen LogP) is 18.4. The second kappa shape index (κ2) is 16.0. The molecule has 3 heterocycles. The van der Waals surface area contributed by atoms with Gasteiger partial charge in [0.25, 0.3) is 6.71 Å². The SMILES string of the molecule is CC(C)(C)c1cc(N2c3ccc(C(C)(C)C)cc3B3c4c2cc(-c2ccc5ccccc5c2)cc4N(c2ccc4c(c2)C(C)(C)CCC4(C)C)c2sc4cc5c(cc4c23)C(C)(C)CCC5(C)C)cc(C(C)(C)C)c1. The Kier molecular flexibility index (Phi) is 10.7. The molecule has 378 valence electrons. The van der Waals surface area contributed by atoms with Crippen LogP contribution in [-0.4, -0.2) is 6.71 Å². The minimum Gasteiger partial charge on any atom is -0.311 e. The van der Waals surface area contributed by atoms with Crippen molar-refractivity contribution in [2.24, 2.45) is 0 Å². The van der Waals surface area contributed by atoms with Crippen LogP contribution in [0.1, 0.15) is 182 Å². The van der Waals surface area contributed by atoms with E-state index >= 15 is 0 Å². The van der Waals surface area contributed by atoms with Crippen LogP contribution in [0.5, 0.6) is 0 Å². The summed E-state index contributed by atoms with van der Waals surface area (Å²) < 4.78 is 1.40. The van der Waals surface area contributed by atoms with Crippen molar-refractivity contribution in [3.63, 3.8) is 0 Å². The second-order valence-electron chi connectivity index (χ2n) is 28.9. The van der Waals surface area contributed by atoms with E-state index in [4.69, 9.17) is 0 Å². The molecular formula is C70H79BN2S. The summed E-state index contributed by atoms with van der Waals surface area (Å²) in [4.78, 5) is 5.44. The lowest BCUT2D eigenvalue weighted by Crippen LogP contribution is -2.61. The number of hydrogen-bond donors (Lipinski definition) is 0. The number of benzene rings is 7. The maximum Gasteiger partial charge on any atom is 0.254 e. The highest BCUT2D eigenvalue weighted by atomic mass is 32.1. The minimum atomic E-state index is -0.0583. The normalized spacial score (nSPS) is 18.2. The highest BCUT2D eigenvalue weighted by molar-refractivity contribution is 7.26. The first-order chi connectivity index (χ1) is 34.5. The van der Waals surface area contributed by atoms with E-state index in [0.29, 0.717) is 0 Å². The lowest BCUT2D eigenvalue weighted by Gasteiger charge is -2.45. The van der Waals surface area contributed by atoms with E-state index in [1.165, 1.54) is 146 Å². The van der Waals surface area contributed by atoms with Crippen LogP contribution in [0.2, 0.25) is 0 Å². The minimum absolute atomic E-state index is 0.00199. The van der Waals surface area contributed by atoms with E-state index in [9.17, 15) is 0 Å². The van der Waals surface area contributed by atoms with Gasteiger partial charge in [0.1, 0.15) is 0 Å². The molecule has 2 aliphatic carbocycles. The summed E-state index contributed by atoms with van der Waals surface area (Å²) in [5.74, 6) is 0. The van der Waals surface area contributed by atoms with Crippen molar-refractivity contribution < 1.29 is 0 Å². The Morgan fingerprint density at radius 2 is 0.973 bits per heavy atom. The summed E-state index contributed by atoms with van der Waals surface area (Å²) in [6.07, 6.45) is 4.74. The lowest BCUT2D eigenvalue weighted by atomic mass is 9.33. The Bertz CT molecular complexity index is 3620. The number of hydrogen-bond acceptors (Lipinski definition) is 3. The zero-order chi connectivity index (χ0) is 52.6. The number of fused-ring (bicyclic) bond motifs is 9. The van der Waals surface area contributed by atoms with Gasteiger partial charge in [-0.25, -0.2) is 0 Å². The van der Waals surface area contributed by atoms with Gasteiger partial charge in [-0.2, -0.15) is 0 Å². The second-order valence-corrected chi connectivity index (χ2v) is 29.9. The van der Waals surface area contributed by atoms with Gasteiger partial charge in [0.2, 0.25) is 0 Å². The van der Waals surface area contributed by atoms with Gasteiger partial charge in [0.15, 0.2) is 0 Å². The standard InChI is InChI=1S/C70H79BN2S/c1-64(2,3)46-24-27-57-56(38-46)71-61-51-40-54-55(70(16,17)31-30-69(54,14)15)41-60(51)74-63(61)73(49-25-26-52-53(39-49)68(12,13)29-28-67(52,10)11)59-34-45(44-23-22-42-20-18-19-21-43(42)32-44)33-58(62(59)71)72(57)50-36-47(65(4,5)6)35-48(37-50)66(7,8)9/h18-27,32-41H,28-31H2,1-17H3. The van der Waals surface area contributed by atoms with Gasteiger partial charge >= 0.3 is 0 Å². The summed E-state index contributed by atoms with van der Waals surface area (Å²) in [5.41, 5.74) is 23.3. The molecule has 0 fully saturated rings. The smallest absolute Gasteiger partial charge is 0.254 e. The number of anilines is 6. The van der Waals surface area contributed by atoms with Crippen LogP contribution in [0, 0.1) is 0 Å². The molecule has 0 N–H and O–H groups in total. The van der Waals surface area contributed by atoms with Crippen molar-refractivity contribution in [3.8, 4) is 11.1 Å². The maximum atomic E-state index is 2.75. The first-order valence-corrected chi connectivity index (χ1v) is 28.7. The summed E-state index contributed by atoms with van der Waals surface area (Å²) >= 11 is 2.03. The molecule has 2 aliphatic heterocycles. The zero-order valence-corrected chi connectivity index (χ0v) is 48.6. The van der Waals surface area contributed by atoms with E-state index in [2.05, 4.69) is 249 Å². The highest BCUT2D eigenvalue weighted by Gasteiger charge is 2.48. The first kappa shape index (κ1) is 49.3. The number of thiophene rings is 1. The fourth-order valence-corrected chi connectivity index (χ4v) is 14.7. The van der Waals surface area contributed by atoms with E-state index < -0.39 is 0 Å². The predicted molar refractivity (Wildman–Crippen MR) is 325 cm³/mol. The largest absolute Gasteiger partial charge is 0.311 e. The molecule has 0 saturated carbocycles. The Morgan fingerprint density at radius 1 is 0.419 bits per heavy atom. The summed E-state index contributed by atoms with van der Waals surface area (Å²) in [7, 11) is 0. The Morgan fingerprint density at radius 3 is 1.58 bits per heavy atom. The van der Waals surface area contributed by atoms with Crippen LogP contribution in [0.15, 0.2) is 121 Å². The van der Waals surface area contributed by atoms with Crippen LogP contribution < -0.4 is 26.2 Å². The fraction of sp³-hybridized carbons (Fsp3) is 0.400. The van der Waals surface area contributed by atoms with Crippen LogP contribution >= 0.6 is 11.3 Å². The molecule has 0 unspecified atom stereocenters. The zero-order valence-electron chi connectivity index (χ0n) is 47.8. The molecule has 0 amide bonds. The van der Waals surface area contributed by atoms with Crippen molar-refractivity contribution in [3.05, 3.63) is 160 Å². The molecule has 4 heteroatoms. The van der Waals surface area contributed by atoms with Crippen molar-refractivity contribution in [2.75, 3.05) is 9.80 Å². The molecule has 0 saturated heterocycles. The van der Waals surface area contributed by atoms with Crippen LogP contribution in [0.25, 0.3) is 32.0 Å². The van der Waals surface area contributed by atoms with E-state index in [0.717, 1.165) is 0 Å². The summed E-state index contributed by atoms with van der Waals surface area (Å²) in [6, 6.07) is 49.1. The molecule has 0 atom stereocenters. The summed E-state index contributed by atoms with van der Waals surface area (Å²) in [6.45, 7) is 41.3. The number of nitrogens with zero attached hydrogens (tertiary/aromatic N) is 2. The third kappa shape index (κ3) is 7.68. The molecule has 8 aromatic rings. The molecule has 0 radical (unpaired) electrons. The van der Waals surface area contributed by atoms with E-state index in [1.807, 2.05) is 11.3 Å². The molecule has 7 aromatic carbocycles. The van der Waals surface area contributed by atoms with Gasteiger partial charge in [-0.3, -0.25) is 0 Å². The molecule has 74 heavy (non-hydrogen) atoms. The molecule has 2 nitrogen and oxygen atoms in total. The van der Waals surface area contributed by atoms with Gasteiger partial charge in [0, 0.05) is 33.1 Å². The van der Waals surface area contributed by atoms with Gasteiger partial charge in [-0.05, 0) is 207 Å². The van der Waals surface area contributed by atoms with Crippen LogP contribution in [-0.2, 0) is 37.9 Å². The average Bonchev–Trinajstić information content (AvgIpc) is 3.76. The van der Waals surface area contributed by atoms with Gasteiger partial charge < -0.3 is 9.80 Å². The van der Waals surface area contributed by atoms with Gasteiger partial charge in [0.05, 0.1) is 5.00 Å². The highest BCUT2D eigenvalue weighted by Crippen LogP contribution is 2.55. The number of rotatable bonds is 3. The van der Waals surface area contributed by atoms with Gasteiger partial charge in [-0.1, -0.05) is 178 Å². The monoisotopic (exact) mass is 991 g/mol. The van der Waals surface area contributed by atoms with E-state index in [1.54, 1.807) is 0 Å². The van der Waals surface area contributed by atoms with Gasteiger partial charge in [-0.15, -0.1) is 11.3 Å². The van der Waals surface area contributed by atoms with Crippen LogP contribution in [0.4, 0.5) is 33.4 Å². The third-order valence-corrected chi connectivity index (χ3v) is 19.8. The van der Waals surface area contributed by atoms with Crippen molar-refractivity contribution >= 4 is 88.7 Å². The van der Waals surface area contributed by atoms with Crippen LogP contribution in [0.3, 0.4) is 0 Å². The summed E-state index contributed by atoms with van der Waals surface area (Å²) in [5, 5.41) is 5.30. The Hall–Kier alpha value is -5.58. The molecule has 0 spiro atoms. The molecule has 0 bridgehead atoms. The third-order valence-electron chi connectivity index (χ3n) is 18.6. The Balaban J connectivity index is 1.26. The fourth-order valence-electron chi connectivity index (χ4n) is 13.4.